The molecule has 102 valence electrons. The Hall–Kier alpha value is -1.33. The van der Waals surface area contributed by atoms with Gasteiger partial charge in [-0.05, 0) is 44.2 Å². The minimum Gasteiger partial charge on any atom is -0.481 e. The molecule has 2 aromatic rings. The summed E-state index contributed by atoms with van der Waals surface area (Å²) in [6.45, 7) is 2.67. The lowest BCUT2D eigenvalue weighted by atomic mass is 10.2. The van der Waals surface area contributed by atoms with E-state index in [1.165, 1.54) is 0 Å². The van der Waals surface area contributed by atoms with Crippen molar-refractivity contribution in [3.63, 3.8) is 0 Å². The smallest absolute Gasteiger partial charge is 0.303 e. The molecular weight excluding hydrogens is 310 g/mol. The lowest BCUT2D eigenvalue weighted by Crippen LogP contribution is -2.20. The van der Waals surface area contributed by atoms with Crippen LogP contribution in [0, 0.1) is 0 Å². The van der Waals surface area contributed by atoms with Crippen molar-refractivity contribution in [3.05, 3.63) is 34.5 Å². The summed E-state index contributed by atoms with van der Waals surface area (Å²) in [5.41, 5.74) is 0.859. The Bertz CT molecular complexity index is 579. The van der Waals surface area contributed by atoms with Crippen LogP contribution in [0.5, 0.6) is 0 Å². The highest BCUT2D eigenvalue weighted by molar-refractivity contribution is 9.10. The van der Waals surface area contributed by atoms with E-state index in [-0.39, 0.29) is 12.5 Å². The fraction of sp³-hybridized carbons (Fsp3) is 0.357. The zero-order valence-corrected chi connectivity index (χ0v) is 12.2. The molecule has 0 fully saturated rings. The third-order valence-corrected chi connectivity index (χ3v) is 3.44. The van der Waals surface area contributed by atoms with Gasteiger partial charge in [0.2, 0.25) is 0 Å². The van der Waals surface area contributed by atoms with E-state index in [1.54, 1.807) is 0 Å². The van der Waals surface area contributed by atoms with Crippen LogP contribution in [0.3, 0.4) is 0 Å². The molecule has 2 rings (SSSR count). The minimum absolute atomic E-state index is 0.0694. The summed E-state index contributed by atoms with van der Waals surface area (Å²) in [7, 11) is 0. The number of carbonyl (C=O) groups is 1. The number of rotatable bonds is 6. The monoisotopic (exact) mass is 325 g/mol. The van der Waals surface area contributed by atoms with Gasteiger partial charge in [0.15, 0.2) is 0 Å². The molecule has 0 radical (unpaired) electrons. The molecule has 1 unspecified atom stereocenters. The van der Waals surface area contributed by atoms with E-state index in [9.17, 15) is 4.79 Å². The van der Waals surface area contributed by atoms with Gasteiger partial charge in [-0.2, -0.15) is 0 Å². The van der Waals surface area contributed by atoms with E-state index in [4.69, 9.17) is 9.52 Å². The highest BCUT2D eigenvalue weighted by Crippen LogP contribution is 2.26. The maximum absolute atomic E-state index is 10.4. The van der Waals surface area contributed by atoms with Crippen molar-refractivity contribution < 1.29 is 14.3 Å². The van der Waals surface area contributed by atoms with Crippen molar-refractivity contribution in [2.24, 2.45) is 0 Å². The number of halogens is 1. The third kappa shape index (κ3) is 3.81. The predicted octanol–water partition coefficient (Wildman–Crippen LogP) is 3.71. The number of carboxylic acids is 1. The van der Waals surface area contributed by atoms with Gasteiger partial charge in [0.25, 0.3) is 0 Å². The van der Waals surface area contributed by atoms with Gasteiger partial charge in [-0.25, -0.2) is 0 Å². The van der Waals surface area contributed by atoms with Crippen molar-refractivity contribution in [2.75, 3.05) is 6.54 Å². The van der Waals surface area contributed by atoms with Gasteiger partial charge in [0.1, 0.15) is 11.3 Å². The summed E-state index contributed by atoms with van der Waals surface area (Å²) in [4.78, 5) is 10.4. The van der Waals surface area contributed by atoms with E-state index in [2.05, 4.69) is 21.2 Å². The van der Waals surface area contributed by atoms with Gasteiger partial charge < -0.3 is 14.8 Å². The Labute approximate surface area is 119 Å². The van der Waals surface area contributed by atoms with Crippen LogP contribution in [0.25, 0.3) is 11.0 Å². The molecule has 4 nitrogen and oxygen atoms in total. The molecule has 1 atom stereocenters. The zero-order valence-electron chi connectivity index (χ0n) is 10.6. The van der Waals surface area contributed by atoms with Gasteiger partial charge in [-0.15, -0.1) is 0 Å². The highest BCUT2D eigenvalue weighted by atomic mass is 79.9. The molecule has 1 aromatic carbocycles. The van der Waals surface area contributed by atoms with Gasteiger partial charge in [0.05, 0.1) is 6.04 Å². The maximum atomic E-state index is 10.4. The number of hydrogen-bond acceptors (Lipinski definition) is 3. The van der Waals surface area contributed by atoms with Crippen molar-refractivity contribution in [1.29, 1.82) is 0 Å². The number of fused-ring (bicyclic) bond motifs is 1. The molecule has 0 aliphatic heterocycles. The quantitative estimate of drug-likeness (QED) is 0.795. The molecule has 0 aliphatic rings. The van der Waals surface area contributed by atoms with Crippen LogP contribution < -0.4 is 5.32 Å². The first kappa shape index (κ1) is 14.1. The number of hydrogen-bond donors (Lipinski definition) is 2. The lowest BCUT2D eigenvalue weighted by molar-refractivity contribution is -0.137. The number of benzene rings is 1. The summed E-state index contributed by atoms with van der Waals surface area (Å²) in [5.74, 6) is 0.103. The maximum Gasteiger partial charge on any atom is 0.303 e. The van der Waals surface area contributed by atoms with E-state index >= 15 is 0 Å². The number of carboxylic acid groups (broad SMARTS) is 1. The van der Waals surface area contributed by atoms with E-state index < -0.39 is 5.97 Å². The first-order valence-electron chi connectivity index (χ1n) is 6.20. The van der Waals surface area contributed by atoms with Crippen LogP contribution in [-0.4, -0.2) is 17.6 Å². The Balaban J connectivity index is 1.97. The molecule has 19 heavy (non-hydrogen) atoms. The molecule has 1 heterocycles. The summed E-state index contributed by atoms with van der Waals surface area (Å²) in [5, 5.41) is 12.9. The van der Waals surface area contributed by atoms with Crippen LogP contribution in [0.4, 0.5) is 0 Å². The average Bonchev–Trinajstić information content (AvgIpc) is 2.77. The summed E-state index contributed by atoms with van der Waals surface area (Å²) in [6, 6.07) is 7.97. The first-order chi connectivity index (χ1) is 9.06. The molecule has 0 spiro atoms. The van der Waals surface area contributed by atoms with Crippen molar-refractivity contribution >= 4 is 32.9 Å². The fourth-order valence-electron chi connectivity index (χ4n) is 1.91. The van der Waals surface area contributed by atoms with E-state index in [0.717, 1.165) is 21.2 Å². The van der Waals surface area contributed by atoms with Crippen molar-refractivity contribution in [3.8, 4) is 0 Å². The van der Waals surface area contributed by atoms with Crippen LogP contribution in [0.2, 0.25) is 0 Å². The van der Waals surface area contributed by atoms with Crippen LogP contribution in [0.15, 0.2) is 33.2 Å². The topological polar surface area (TPSA) is 62.5 Å². The molecule has 5 heteroatoms. The minimum atomic E-state index is -0.761. The molecule has 0 aliphatic carbocycles. The average molecular weight is 326 g/mol. The van der Waals surface area contributed by atoms with Crippen molar-refractivity contribution in [1.82, 2.24) is 5.32 Å². The number of aliphatic carboxylic acids is 1. The predicted molar refractivity (Wildman–Crippen MR) is 77.2 cm³/mol. The van der Waals surface area contributed by atoms with E-state index in [1.807, 2.05) is 31.2 Å². The molecule has 0 saturated heterocycles. The van der Waals surface area contributed by atoms with Crippen LogP contribution >= 0.6 is 15.9 Å². The number of furan rings is 1. The Morgan fingerprint density at radius 3 is 3.00 bits per heavy atom. The fourth-order valence-corrected chi connectivity index (χ4v) is 2.29. The zero-order chi connectivity index (χ0) is 13.8. The van der Waals surface area contributed by atoms with Gasteiger partial charge in [-0.3, -0.25) is 4.79 Å². The van der Waals surface area contributed by atoms with Gasteiger partial charge in [0, 0.05) is 16.3 Å². The number of nitrogens with one attached hydrogen (secondary N) is 1. The van der Waals surface area contributed by atoms with Crippen LogP contribution in [0.1, 0.15) is 31.6 Å². The summed E-state index contributed by atoms with van der Waals surface area (Å²) >= 11 is 3.43. The molecular formula is C14H16BrNO3. The Morgan fingerprint density at radius 2 is 2.26 bits per heavy atom. The van der Waals surface area contributed by atoms with Crippen molar-refractivity contribution in [2.45, 2.75) is 25.8 Å². The lowest BCUT2D eigenvalue weighted by Gasteiger charge is -2.10. The van der Waals surface area contributed by atoms with Gasteiger partial charge >= 0.3 is 5.97 Å². The molecule has 0 amide bonds. The third-order valence-electron chi connectivity index (χ3n) is 2.94. The molecule has 0 bridgehead atoms. The summed E-state index contributed by atoms with van der Waals surface area (Å²) < 4.78 is 6.79. The highest BCUT2D eigenvalue weighted by Gasteiger charge is 2.11. The first-order valence-corrected chi connectivity index (χ1v) is 7.00. The molecule has 1 aromatic heterocycles. The Kier molecular flexibility index (Phi) is 4.61. The molecule has 2 N–H and O–H groups in total. The largest absolute Gasteiger partial charge is 0.481 e. The normalized spacial score (nSPS) is 12.7. The second-order valence-electron chi connectivity index (χ2n) is 4.50. The summed E-state index contributed by atoms with van der Waals surface area (Å²) in [6.07, 6.45) is 0.804. The van der Waals surface area contributed by atoms with E-state index in [0.29, 0.717) is 13.0 Å². The standard InChI is InChI=1S/C14H16BrNO3/c1-9(16-6-2-3-14(17)18)13-8-10-7-11(15)4-5-12(10)19-13/h4-5,7-9,16H,2-3,6H2,1H3,(H,17,18). The van der Waals surface area contributed by atoms with Crippen LogP contribution in [-0.2, 0) is 4.79 Å². The second-order valence-corrected chi connectivity index (χ2v) is 5.42. The Morgan fingerprint density at radius 1 is 1.47 bits per heavy atom. The SMILES string of the molecule is CC(NCCCC(=O)O)c1cc2cc(Br)ccc2o1. The van der Waals surface area contributed by atoms with Gasteiger partial charge in [-0.1, -0.05) is 15.9 Å². The second kappa shape index (κ2) is 6.21. The molecule has 0 saturated carbocycles.